The molecule has 43 heavy (non-hydrogen) atoms. The van der Waals surface area contributed by atoms with Gasteiger partial charge in [0, 0.05) is 31.2 Å². The predicted molar refractivity (Wildman–Crippen MR) is 167 cm³/mol. The van der Waals surface area contributed by atoms with Crippen LogP contribution in [0.3, 0.4) is 0 Å². The molecule has 0 radical (unpaired) electrons. The molecule has 10 nitrogen and oxygen atoms in total. The van der Waals surface area contributed by atoms with Crippen LogP contribution in [0.4, 0.5) is 5.82 Å². The van der Waals surface area contributed by atoms with Gasteiger partial charge < -0.3 is 30.2 Å². The summed E-state index contributed by atoms with van der Waals surface area (Å²) < 4.78 is 7.97. The van der Waals surface area contributed by atoms with Gasteiger partial charge in [-0.05, 0) is 62.1 Å². The van der Waals surface area contributed by atoms with Gasteiger partial charge in [-0.3, -0.25) is 4.90 Å². The maximum atomic E-state index is 11.0. The van der Waals surface area contributed by atoms with Gasteiger partial charge in [-0.25, -0.2) is 15.0 Å². The van der Waals surface area contributed by atoms with E-state index in [1.165, 1.54) is 11.9 Å². The lowest BCUT2D eigenvalue weighted by Crippen LogP contribution is -2.52. The molecule has 0 amide bonds. The third kappa shape index (κ3) is 5.51. The lowest BCUT2D eigenvalue weighted by molar-refractivity contribution is -0.0618. The average molecular weight is 586 g/mol. The summed E-state index contributed by atoms with van der Waals surface area (Å²) in [7, 11) is 0. The first-order valence-corrected chi connectivity index (χ1v) is 15.3. The van der Waals surface area contributed by atoms with Crippen molar-refractivity contribution < 1.29 is 14.9 Å². The van der Waals surface area contributed by atoms with Crippen LogP contribution in [0, 0.1) is 18.3 Å². The number of aliphatic hydroxyl groups is 2. The van der Waals surface area contributed by atoms with E-state index < -0.39 is 24.5 Å². The number of benzene rings is 1. The Labute approximate surface area is 252 Å². The Bertz CT molecular complexity index is 1660. The van der Waals surface area contributed by atoms with Crippen molar-refractivity contribution in [1.29, 1.82) is 0 Å². The number of H-pyrrole nitrogens is 1. The summed E-state index contributed by atoms with van der Waals surface area (Å²) >= 11 is 0. The van der Waals surface area contributed by atoms with Crippen molar-refractivity contribution in [3.63, 3.8) is 0 Å². The van der Waals surface area contributed by atoms with Gasteiger partial charge in [0.2, 0.25) is 0 Å². The number of aromatic nitrogens is 5. The number of aliphatic hydroxyl groups excluding tert-OH is 2. The average Bonchev–Trinajstić information content (AvgIpc) is 3.60. The van der Waals surface area contributed by atoms with Gasteiger partial charge in [0.15, 0.2) is 6.23 Å². The minimum absolute atomic E-state index is 0.0980. The number of fused-ring (bicyclic) bond motifs is 2. The number of aryl methyl sites for hydroxylation is 1. The highest BCUT2D eigenvalue weighted by atomic mass is 16.6. The third-order valence-electron chi connectivity index (χ3n) is 9.33. The molecule has 0 spiro atoms. The molecule has 1 aliphatic carbocycles. The van der Waals surface area contributed by atoms with Crippen molar-refractivity contribution in [2.45, 2.75) is 102 Å². The molecule has 4 aromatic rings. The first-order valence-electron chi connectivity index (χ1n) is 15.3. The molecule has 0 unspecified atom stereocenters. The van der Waals surface area contributed by atoms with E-state index in [9.17, 15) is 10.2 Å². The second kappa shape index (κ2) is 11.2. The number of imidazole rings is 1. The van der Waals surface area contributed by atoms with Crippen molar-refractivity contribution in [3.05, 3.63) is 47.7 Å². The lowest BCUT2D eigenvalue weighted by Gasteiger charge is -2.46. The molecule has 2 aliphatic rings. The summed E-state index contributed by atoms with van der Waals surface area (Å²) in [5.74, 6) is 4.55. The molecule has 228 valence electrons. The van der Waals surface area contributed by atoms with Crippen LogP contribution in [0.2, 0.25) is 0 Å². The predicted octanol–water partition coefficient (Wildman–Crippen LogP) is 3.91. The molecule has 3 aromatic heterocycles. The minimum atomic E-state index is -1.14. The highest BCUT2D eigenvalue weighted by molar-refractivity contribution is 5.92. The maximum absolute atomic E-state index is 11.0. The molecule has 2 fully saturated rings. The van der Waals surface area contributed by atoms with Gasteiger partial charge in [0.1, 0.15) is 41.9 Å². The van der Waals surface area contributed by atoms with Crippen molar-refractivity contribution in [1.82, 2.24) is 29.4 Å². The molecule has 1 saturated carbocycles. The number of aromatic amines is 1. The van der Waals surface area contributed by atoms with Crippen molar-refractivity contribution in [3.8, 4) is 12.3 Å². The summed E-state index contributed by atoms with van der Waals surface area (Å²) in [4.78, 5) is 19.2. The SMILES string of the molecule is C#Cc1cn([C@@H]2O[C@H](CN(C(C)C)[C@H]3C[C@@H](CCc4nc5cc(C(C)(C)C)ccc5[nH]4)C3)[C@@H](O)[C@H]2O)c2ncnc(N)c12. The van der Waals surface area contributed by atoms with E-state index in [2.05, 4.69) is 78.6 Å². The summed E-state index contributed by atoms with van der Waals surface area (Å²) in [6, 6.07) is 7.19. The molecule has 5 N–H and O–H groups in total. The monoisotopic (exact) mass is 585 g/mol. The molecule has 4 atom stereocenters. The second-order valence-electron chi connectivity index (χ2n) is 13.6. The molecule has 0 bridgehead atoms. The number of nitrogens with zero attached hydrogens (tertiary/aromatic N) is 5. The molecule has 1 aliphatic heterocycles. The standard InChI is InChI=1S/C33H43N7O3/c1-7-20-15-40(31-27(20)30(34)35-17-36-31)32-29(42)28(41)25(43-32)16-39(18(2)3)22-12-19(13-22)8-11-26-37-23-10-9-21(33(4,5)6)14-24(23)38-26/h1,9-10,14-15,17-19,22,25,28-29,32,41-42H,8,11-13,16H2,2-6H3,(H,37,38)(H2,34,35,36)/t19-,22+,25-,28-,29-,32-/m1/s1. The van der Waals surface area contributed by atoms with Gasteiger partial charge in [-0.1, -0.05) is 32.8 Å². The fourth-order valence-corrected chi connectivity index (χ4v) is 6.70. The van der Waals surface area contributed by atoms with Crippen molar-refractivity contribution in [2.24, 2.45) is 5.92 Å². The number of rotatable bonds is 8. The number of nitrogen functional groups attached to an aromatic ring is 1. The van der Waals surface area contributed by atoms with Crippen LogP contribution < -0.4 is 5.73 Å². The Morgan fingerprint density at radius 2 is 1.98 bits per heavy atom. The lowest BCUT2D eigenvalue weighted by atomic mass is 9.76. The number of hydrogen-bond donors (Lipinski definition) is 4. The number of terminal acetylenes is 1. The van der Waals surface area contributed by atoms with Crippen LogP contribution in [-0.4, -0.2) is 76.6 Å². The van der Waals surface area contributed by atoms with Gasteiger partial charge in [-0.2, -0.15) is 0 Å². The zero-order chi connectivity index (χ0) is 30.6. The normalized spacial score (nSPS) is 26.0. The van der Waals surface area contributed by atoms with Crippen LogP contribution in [0.25, 0.3) is 22.1 Å². The largest absolute Gasteiger partial charge is 0.387 e. The first-order chi connectivity index (χ1) is 20.4. The van der Waals surface area contributed by atoms with E-state index in [4.69, 9.17) is 21.9 Å². The number of nitrogens with one attached hydrogen (secondary N) is 1. The zero-order valence-corrected chi connectivity index (χ0v) is 25.7. The topological polar surface area (TPSA) is 138 Å². The Hall–Kier alpha value is -3.49. The molecular weight excluding hydrogens is 542 g/mol. The van der Waals surface area contributed by atoms with Crippen LogP contribution in [0.5, 0.6) is 0 Å². The quantitative estimate of drug-likeness (QED) is 0.228. The van der Waals surface area contributed by atoms with Gasteiger partial charge >= 0.3 is 0 Å². The molecule has 6 rings (SSSR count). The molecule has 4 heterocycles. The van der Waals surface area contributed by atoms with E-state index in [0.29, 0.717) is 35.1 Å². The van der Waals surface area contributed by atoms with Crippen LogP contribution >= 0.6 is 0 Å². The summed E-state index contributed by atoms with van der Waals surface area (Å²) in [5.41, 5.74) is 10.6. The number of nitrogens with two attached hydrogens (primary N) is 1. The fourth-order valence-electron chi connectivity index (χ4n) is 6.70. The Kier molecular flexibility index (Phi) is 7.71. The molecule has 1 aromatic carbocycles. The van der Waals surface area contributed by atoms with Gasteiger partial charge in [0.05, 0.1) is 22.0 Å². The maximum Gasteiger partial charge on any atom is 0.164 e. The Morgan fingerprint density at radius 1 is 1.21 bits per heavy atom. The van der Waals surface area contributed by atoms with E-state index in [-0.39, 0.29) is 17.3 Å². The van der Waals surface area contributed by atoms with Crippen LogP contribution in [0.15, 0.2) is 30.7 Å². The minimum Gasteiger partial charge on any atom is -0.387 e. The van der Waals surface area contributed by atoms with E-state index in [1.54, 1.807) is 10.8 Å². The third-order valence-corrected chi connectivity index (χ3v) is 9.33. The summed E-state index contributed by atoms with van der Waals surface area (Å²) in [6.45, 7) is 11.5. The van der Waals surface area contributed by atoms with E-state index >= 15 is 0 Å². The molecular formula is C33H43N7O3. The highest BCUT2D eigenvalue weighted by Gasteiger charge is 2.46. The van der Waals surface area contributed by atoms with E-state index in [1.807, 2.05) is 0 Å². The number of anilines is 1. The van der Waals surface area contributed by atoms with Crippen LogP contribution in [0.1, 0.15) is 77.1 Å². The first kappa shape index (κ1) is 29.6. The zero-order valence-electron chi connectivity index (χ0n) is 25.7. The molecule has 10 heteroatoms. The van der Waals surface area contributed by atoms with Crippen LogP contribution in [-0.2, 0) is 16.6 Å². The summed E-state index contributed by atoms with van der Waals surface area (Å²) in [6.07, 6.45) is 9.32. The molecule has 1 saturated heterocycles. The van der Waals surface area contributed by atoms with Crippen molar-refractivity contribution in [2.75, 3.05) is 12.3 Å². The van der Waals surface area contributed by atoms with Gasteiger partial charge in [-0.15, -0.1) is 6.42 Å². The number of hydrogen-bond acceptors (Lipinski definition) is 8. The Balaban J connectivity index is 1.08. The van der Waals surface area contributed by atoms with Crippen molar-refractivity contribution >= 4 is 27.9 Å². The second-order valence-corrected chi connectivity index (χ2v) is 13.6. The van der Waals surface area contributed by atoms with Gasteiger partial charge in [0.25, 0.3) is 0 Å². The Morgan fingerprint density at radius 3 is 2.67 bits per heavy atom. The fraction of sp³-hybridized carbons (Fsp3) is 0.545. The van der Waals surface area contributed by atoms with E-state index in [0.717, 1.165) is 42.5 Å². The smallest absolute Gasteiger partial charge is 0.164 e. The highest BCUT2D eigenvalue weighted by Crippen LogP contribution is 2.39. The number of ether oxygens (including phenoxy) is 1. The summed E-state index contributed by atoms with van der Waals surface area (Å²) in [5, 5.41) is 22.6.